The second-order valence-electron chi connectivity index (χ2n) is 10.9. The molecule has 0 amide bonds. The van der Waals surface area contributed by atoms with Gasteiger partial charge in [-0.15, -0.1) is 0 Å². The summed E-state index contributed by atoms with van der Waals surface area (Å²) in [7, 11) is 0. The zero-order chi connectivity index (χ0) is 23.9. The van der Waals surface area contributed by atoms with Gasteiger partial charge >= 0.3 is 0 Å². The number of hydrogen-bond donors (Lipinski definition) is 2. The first-order chi connectivity index (χ1) is 15.8. The van der Waals surface area contributed by atoms with Crippen molar-refractivity contribution in [2.45, 2.75) is 154 Å². The summed E-state index contributed by atoms with van der Waals surface area (Å²) in [6, 6.07) is -0.0353. The van der Waals surface area contributed by atoms with Crippen LogP contribution in [0, 0.1) is 0 Å². The average Bonchev–Trinajstić information content (AvgIpc) is 3.24. The van der Waals surface area contributed by atoms with Gasteiger partial charge in [0.2, 0.25) is 0 Å². The van der Waals surface area contributed by atoms with Crippen LogP contribution < -0.4 is 5.32 Å². The molecule has 0 aromatic rings. The summed E-state index contributed by atoms with van der Waals surface area (Å²) < 4.78 is 31.0. The average molecular weight is 472 g/mol. The first-order valence-electron chi connectivity index (χ1n) is 13.5. The lowest BCUT2D eigenvalue weighted by Crippen LogP contribution is -2.61. The molecule has 3 rings (SSSR count). The third-order valence-electron chi connectivity index (χ3n) is 6.96. The van der Waals surface area contributed by atoms with Gasteiger partial charge in [-0.25, -0.2) is 0 Å². The minimum atomic E-state index is -0.721. The lowest BCUT2D eigenvalue weighted by atomic mass is 9.92. The number of rotatable bonds is 15. The fraction of sp³-hybridized carbons (Fsp3) is 1.00. The molecule has 7 nitrogen and oxygen atoms in total. The molecule has 33 heavy (non-hydrogen) atoms. The maximum atomic E-state index is 9.73. The van der Waals surface area contributed by atoms with Gasteiger partial charge in [0, 0.05) is 12.6 Å². The van der Waals surface area contributed by atoms with Gasteiger partial charge in [-0.1, -0.05) is 64.7 Å². The number of aliphatic hydroxyl groups excluding tert-OH is 1. The van der Waals surface area contributed by atoms with Crippen LogP contribution in [0.5, 0.6) is 0 Å². The van der Waals surface area contributed by atoms with Crippen LogP contribution in [0.1, 0.15) is 105 Å². The van der Waals surface area contributed by atoms with E-state index in [2.05, 4.69) is 12.2 Å². The molecule has 3 saturated heterocycles. The van der Waals surface area contributed by atoms with Crippen LogP contribution in [-0.4, -0.2) is 66.6 Å². The Hall–Kier alpha value is -0.280. The Labute approximate surface area is 201 Å². The van der Waals surface area contributed by atoms with Gasteiger partial charge in [0.25, 0.3) is 0 Å². The lowest BCUT2D eigenvalue weighted by Gasteiger charge is -2.41. The molecule has 2 N–H and O–H groups in total. The Balaban J connectivity index is 1.45. The Morgan fingerprint density at radius 3 is 1.91 bits per heavy atom. The quantitative estimate of drug-likeness (QED) is 0.337. The van der Waals surface area contributed by atoms with E-state index in [1.807, 2.05) is 27.7 Å². The molecule has 6 atom stereocenters. The molecule has 0 aromatic heterocycles. The van der Waals surface area contributed by atoms with Crippen molar-refractivity contribution in [2.75, 3.05) is 13.2 Å². The van der Waals surface area contributed by atoms with Crippen LogP contribution in [0.15, 0.2) is 0 Å². The van der Waals surface area contributed by atoms with Crippen molar-refractivity contribution in [1.29, 1.82) is 0 Å². The van der Waals surface area contributed by atoms with E-state index in [1.54, 1.807) is 0 Å². The summed E-state index contributed by atoms with van der Waals surface area (Å²) in [5, 5.41) is 13.4. The summed E-state index contributed by atoms with van der Waals surface area (Å²) in [5.74, 6) is -1.43. The van der Waals surface area contributed by atoms with E-state index >= 15 is 0 Å². The third kappa shape index (κ3) is 7.86. The van der Waals surface area contributed by atoms with E-state index in [-0.39, 0.29) is 37.1 Å². The van der Waals surface area contributed by atoms with Crippen LogP contribution >= 0.6 is 0 Å². The number of unbranched alkanes of at least 4 members (excludes halogenated alkanes) is 9. The molecule has 3 aliphatic heterocycles. The second-order valence-corrected chi connectivity index (χ2v) is 10.9. The Morgan fingerprint density at radius 1 is 0.727 bits per heavy atom. The van der Waals surface area contributed by atoms with Crippen LogP contribution in [0.2, 0.25) is 0 Å². The van der Waals surface area contributed by atoms with Gasteiger partial charge in [-0.3, -0.25) is 0 Å². The molecule has 0 bridgehead atoms. The first-order valence-corrected chi connectivity index (χ1v) is 13.5. The largest absolute Gasteiger partial charge is 0.396 e. The predicted molar refractivity (Wildman–Crippen MR) is 128 cm³/mol. The summed E-state index contributed by atoms with van der Waals surface area (Å²) >= 11 is 0. The van der Waals surface area contributed by atoms with Crippen molar-refractivity contribution >= 4 is 0 Å². The minimum absolute atomic E-state index is 0.0353. The molecule has 0 aromatic carbocycles. The minimum Gasteiger partial charge on any atom is -0.396 e. The first kappa shape index (κ1) is 27.3. The van der Waals surface area contributed by atoms with Crippen LogP contribution in [0.4, 0.5) is 0 Å². The van der Waals surface area contributed by atoms with Gasteiger partial charge in [-0.05, 0) is 47.1 Å². The summed E-state index contributed by atoms with van der Waals surface area (Å²) in [4.78, 5) is 0. The molecule has 0 aliphatic carbocycles. The van der Waals surface area contributed by atoms with E-state index in [4.69, 9.17) is 23.7 Å². The molecule has 0 unspecified atom stereocenters. The summed E-state index contributed by atoms with van der Waals surface area (Å²) in [6.07, 6.45) is 12.2. The number of aliphatic hydroxyl groups is 1. The Morgan fingerprint density at radius 2 is 1.27 bits per heavy atom. The fourth-order valence-corrected chi connectivity index (χ4v) is 5.39. The van der Waals surface area contributed by atoms with Crippen molar-refractivity contribution in [2.24, 2.45) is 0 Å². The highest BCUT2D eigenvalue weighted by atomic mass is 16.9. The molecular weight excluding hydrogens is 422 g/mol. The van der Waals surface area contributed by atoms with E-state index < -0.39 is 17.9 Å². The van der Waals surface area contributed by atoms with Crippen LogP contribution in [-0.2, 0) is 23.7 Å². The third-order valence-corrected chi connectivity index (χ3v) is 6.96. The Bertz CT molecular complexity index is 571. The van der Waals surface area contributed by atoms with Crippen molar-refractivity contribution in [3.05, 3.63) is 0 Å². The predicted octanol–water partition coefficient (Wildman–Crippen LogP) is 4.64. The lowest BCUT2D eigenvalue weighted by molar-refractivity contribution is -0.240. The van der Waals surface area contributed by atoms with Crippen molar-refractivity contribution in [1.82, 2.24) is 5.32 Å². The van der Waals surface area contributed by atoms with Crippen LogP contribution in [0.25, 0.3) is 0 Å². The zero-order valence-corrected chi connectivity index (χ0v) is 21.6. The molecular formula is C26H49NO6. The topological polar surface area (TPSA) is 78.4 Å². The summed E-state index contributed by atoms with van der Waals surface area (Å²) in [6.45, 7) is 10.9. The maximum Gasteiger partial charge on any atom is 0.190 e. The zero-order valence-electron chi connectivity index (χ0n) is 21.6. The van der Waals surface area contributed by atoms with Gasteiger partial charge in [0.1, 0.15) is 24.4 Å². The molecule has 0 saturated carbocycles. The van der Waals surface area contributed by atoms with E-state index in [0.717, 1.165) is 13.0 Å². The van der Waals surface area contributed by atoms with E-state index in [0.29, 0.717) is 6.42 Å². The van der Waals surface area contributed by atoms with Gasteiger partial charge < -0.3 is 34.1 Å². The van der Waals surface area contributed by atoms with Crippen molar-refractivity contribution in [3.8, 4) is 0 Å². The van der Waals surface area contributed by atoms with E-state index in [9.17, 15) is 5.11 Å². The van der Waals surface area contributed by atoms with Crippen molar-refractivity contribution < 1.29 is 28.8 Å². The number of nitrogens with one attached hydrogen (secondary N) is 1. The molecule has 3 heterocycles. The molecule has 7 heteroatoms. The van der Waals surface area contributed by atoms with Gasteiger partial charge in [0.15, 0.2) is 17.9 Å². The number of fused-ring (bicyclic) bond motifs is 3. The SMILES string of the molecule is CCCCCCCCCCCCN[C@@H](CCO)[C@H]1O[C@@H]2OC(C)(C)O[C@@H]2[C@H]2OC(C)(C)O[C@H]21. The maximum absolute atomic E-state index is 9.73. The molecule has 3 fully saturated rings. The molecule has 3 aliphatic rings. The highest BCUT2D eigenvalue weighted by Gasteiger charge is 2.61. The monoisotopic (exact) mass is 471 g/mol. The number of hydrogen-bond acceptors (Lipinski definition) is 7. The standard InChI is InChI=1S/C26H49NO6/c1-6-7-8-9-10-11-12-13-14-15-17-27-19(16-18-28)20-21-22(31-25(2,3)30-21)23-24(29-20)33-26(4,5)32-23/h19-24,27-28H,6-18H2,1-5H3/t19-,20+,21-,22-,23+,24+/m0/s1. The van der Waals surface area contributed by atoms with Gasteiger partial charge in [0.05, 0.1) is 0 Å². The second kappa shape index (κ2) is 12.6. The van der Waals surface area contributed by atoms with Crippen molar-refractivity contribution in [3.63, 3.8) is 0 Å². The summed E-state index contributed by atoms with van der Waals surface area (Å²) in [5.41, 5.74) is 0. The molecule has 0 spiro atoms. The fourth-order valence-electron chi connectivity index (χ4n) is 5.39. The highest BCUT2D eigenvalue weighted by Crippen LogP contribution is 2.44. The smallest absolute Gasteiger partial charge is 0.190 e. The molecule has 0 radical (unpaired) electrons. The number of ether oxygens (including phenoxy) is 5. The van der Waals surface area contributed by atoms with Gasteiger partial charge in [-0.2, -0.15) is 0 Å². The van der Waals surface area contributed by atoms with E-state index in [1.165, 1.54) is 57.8 Å². The molecule has 194 valence electrons. The highest BCUT2D eigenvalue weighted by molar-refractivity contribution is 5.03. The normalized spacial score (nSPS) is 33.1. The Kier molecular flexibility index (Phi) is 10.4. The van der Waals surface area contributed by atoms with Crippen LogP contribution in [0.3, 0.4) is 0 Å².